The number of carbonyl (C=O) groups excluding carboxylic acids is 1. The zero-order chi connectivity index (χ0) is 17.8. The molecule has 0 atom stereocenters. The van der Waals surface area contributed by atoms with E-state index in [-0.39, 0.29) is 5.91 Å². The van der Waals surface area contributed by atoms with Crippen molar-refractivity contribution in [3.05, 3.63) is 36.0 Å². The van der Waals surface area contributed by atoms with Crippen LogP contribution in [0.15, 0.2) is 30.5 Å². The van der Waals surface area contributed by atoms with Crippen LogP contribution in [0.1, 0.15) is 37.7 Å². The molecule has 2 saturated heterocycles. The number of rotatable bonds is 6. The monoisotopic (exact) mass is 353 g/mol. The summed E-state index contributed by atoms with van der Waals surface area (Å²) in [5.74, 6) is 1.06. The molecule has 0 bridgehead atoms. The second kappa shape index (κ2) is 8.04. The summed E-state index contributed by atoms with van der Waals surface area (Å²) in [4.78, 5) is 20.7. The molecule has 0 N–H and O–H groups in total. The Labute approximate surface area is 154 Å². The molecule has 138 valence electrons. The van der Waals surface area contributed by atoms with Gasteiger partial charge in [-0.25, -0.2) is 0 Å². The summed E-state index contributed by atoms with van der Waals surface area (Å²) < 4.78 is 6.00. The number of carbonyl (C=O) groups is 1. The van der Waals surface area contributed by atoms with Gasteiger partial charge in [-0.05, 0) is 50.0 Å². The van der Waals surface area contributed by atoms with E-state index in [1.807, 2.05) is 23.2 Å². The van der Waals surface area contributed by atoms with E-state index >= 15 is 0 Å². The third kappa shape index (κ3) is 3.83. The number of amides is 1. The van der Waals surface area contributed by atoms with Crippen LogP contribution in [0.25, 0.3) is 10.9 Å². The zero-order valence-electron chi connectivity index (χ0n) is 15.3. The number of ether oxygens (including phenoxy) is 1. The van der Waals surface area contributed by atoms with E-state index in [0.29, 0.717) is 19.6 Å². The molecule has 1 amide bonds. The van der Waals surface area contributed by atoms with Crippen LogP contribution in [0.3, 0.4) is 0 Å². The number of hydrogen-bond acceptors (Lipinski definition) is 4. The number of benzene rings is 1. The summed E-state index contributed by atoms with van der Waals surface area (Å²) in [6.07, 6.45) is 7.42. The van der Waals surface area contributed by atoms with Crippen molar-refractivity contribution >= 4 is 16.8 Å². The van der Waals surface area contributed by atoms with Gasteiger partial charge < -0.3 is 9.64 Å². The van der Waals surface area contributed by atoms with Gasteiger partial charge >= 0.3 is 0 Å². The molecule has 26 heavy (non-hydrogen) atoms. The minimum Gasteiger partial charge on any atom is -0.489 e. The molecule has 0 radical (unpaired) electrons. The number of nitrogens with zero attached hydrogens (tertiary/aromatic N) is 3. The van der Waals surface area contributed by atoms with Gasteiger partial charge in [0.1, 0.15) is 17.9 Å². The SMILES string of the molecule is O=C1CCCN1CCOc1ccc(CN2CCCCC2)c2cccnc12. The first-order chi connectivity index (χ1) is 12.8. The van der Waals surface area contributed by atoms with E-state index in [1.54, 1.807) is 0 Å². The molecule has 4 rings (SSSR count). The van der Waals surface area contributed by atoms with E-state index in [0.717, 1.165) is 30.8 Å². The average Bonchev–Trinajstić information content (AvgIpc) is 3.09. The first-order valence-electron chi connectivity index (χ1n) is 9.81. The highest BCUT2D eigenvalue weighted by molar-refractivity contribution is 5.87. The molecule has 0 spiro atoms. The smallest absolute Gasteiger partial charge is 0.222 e. The van der Waals surface area contributed by atoms with Gasteiger partial charge in [0.2, 0.25) is 5.91 Å². The average molecular weight is 353 g/mol. The van der Waals surface area contributed by atoms with Crippen molar-refractivity contribution in [2.75, 3.05) is 32.8 Å². The van der Waals surface area contributed by atoms with Gasteiger partial charge in [-0.1, -0.05) is 18.6 Å². The Balaban J connectivity index is 1.47. The number of likely N-dealkylation sites (tertiary alicyclic amines) is 2. The molecule has 2 aliphatic heterocycles. The van der Waals surface area contributed by atoms with Crippen LogP contribution >= 0.6 is 0 Å². The number of piperidine rings is 1. The lowest BCUT2D eigenvalue weighted by molar-refractivity contribution is -0.128. The minimum atomic E-state index is 0.244. The molecule has 1 aromatic heterocycles. The van der Waals surface area contributed by atoms with E-state index in [9.17, 15) is 4.79 Å². The Bertz CT molecular complexity index is 771. The van der Waals surface area contributed by atoms with Crippen LogP contribution in [-0.4, -0.2) is 53.5 Å². The predicted molar refractivity (Wildman–Crippen MR) is 102 cm³/mol. The largest absolute Gasteiger partial charge is 0.489 e. The molecule has 3 heterocycles. The molecule has 0 unspecified atom stereocenters. The summed E-state index contributed by atoms with van der Waals surface area (Å²) >= 11 is 0. The van der Waals surface area contributed by atoms with Gasteiger partial charge in [0.25, 0.3) is 0 Å². The molecular weight excluding hydrogens is 326 g/mol. The third-order valence-corrected chi connectivity index (χ3v) is 5.46. The second-order valence-electron chi connectivity index (χ2n) is 7.29. The third-order valence-electron chi connectivity index (χ3n) is 5.46. The fraction of sp³-hybridized carbons (Fsp3) is 0.524. The Morgan fingerprint density at radius 2 is 1.92 bits per heavy atom. The molecule has 0 aliphatic carbocycles. The topological polar surface area (TPSA) is 45.7 Å². The minimum absolute atomic E-state index is 0.244. The van der Waals surface area contributed by atoms with Crippen LogP contribution in [0.4, 0.5) is 0 Å². The van der Waals surface area contributed by atoms with Gasteiger partial charge in [0.05, 0.1) is 6.54 Å². The van der Waals surface area contributed by atoms with Gasteiger partial charge in [-0.2, -0.15) is 0 Å². The van der Waals surface area contributed by atoms with Crippen molar-refractivity contribution in [2.24, 2.45) is 0 Å². The Kier molecular flexibility index (Phi) is 5.34. The van der Waals surface area contributed by atoms with Crippen LogP contribution in [0, 0.1) is 0 Å². The molecule has 5 heteroatoms. The van der Waals surface area contributed by atoms with Crippen molar-refractivity contribution in [1.29, 1.82) is 0 Å². The predicted octanol–water partition coefficient (Wildman–Crippen LogP) is 3.22. The first kappa shape index (κ1) is 17.3. The summed E-state index contributed by atoms with van der Waals surface area (Å²) in [6, 6.07) is 8.35. The van der Waals surface area contributed by atoms with Gasteiger partial charge in [-0.15, -0.1) is 0 Å². The van der Waals surface area contributed by atoms with Crippen LogP contribution in [-0.2, 0) is 11.3 Å². The van der Waals surface area contributed by atoms with Crippen LogP contribution < -0.4 is 4.74 Å². The highest BCUT2D eigenvalue weighted by atomic mass is 16.5. The van der Waals surface area contributed by atoms with E-state index < -0.39 is 0 Å². The maximum absolute atomic E-state index is 11.7. The highest BCUT2D eigenvalue weighted by Gasteiger charge is 2.20. The molecule has 5 nitrogen and oxygen atoms in total. The first-order valence-corrected chi connectivity index (χ1v) is 9.81. The zero-order valence-corrected chi connectivity index (χ0v) is 15.3. The Morgan fingerprint density at radius 1 is 1.04 bits per heavy atom. The lowest BCUT2D eigenvalue weighted by atomic mass is 10.1. The fourth-order valence-electron chi connectivity index (χ4n) is 4.02. The highest BCUT2D eigenvalue weighted by Crippen LogP contribution is 2.28. The summed E-state index contributed by atoms with van der Waals surface area (Å²) in [7, 11) is 0. The van der Waals surface area contributed by atoms with E-state index in [4.69, 9.17) is 4.74 Å². The van der Waals surface area contributed by atoms with Crippen molar-refractivity contribution in [2.45, 2.75) is 38.6 Å². The lowest BCUT2D eigenvalue weighted by Gasteiger charge is -2.27. The van der Waals surface area contributed by atoms with Crippen molar-refractivity contribution in [1.82, 2.24) is 14.8 Å². The molecule has 2 aromatic rings. The normalized spacial score (nSPS) is 18.6. The number of fused-ring (bicyclic) bond motifs is 1. The molecule has 2 aliphatic rings. The van der Waals surface area contributed by atoms with Crippen molar-refractivity contribution in [3.8, 4) is 5.75 Å². The summed E-state index contributed by atoms with van der Waals surface area (Å²) in [5.41, 5.74) is 2.24. The Hall–Kier alpha value is -2.14. The van der Waals surface area contributed by atoms with Crippen molar-refractivity contribution < 1.29 is 9.53 Å². The lowest BCUT2D eigenvalue weighted by Crippen LogP contribution is -2.29. The number of pyridine rings is 1. The summed E-state index contributed by atoms with van der Waals surface area (Å²) in [5, 5.41) is 1.17. The number of hydrogen-bond donors (Lipinski definition) is 0. The molecular formula is C21H27N3O2. The van der Waals surface area contributed by atoms with Gasteiger partial charge in [0.15, 0.2) is 0 Å². The maximum Gasteiger partial charge on any atom is 0.222 e. The van der Waals surface area contributed by atoms with E-state index in [2.05, 4.69) is 22.0 Å². The van der Waals surface area contributed by atoms with E-state index in [1.165, 1.54) is 43.3 Å². The molecule has 2 fully saturated rings. The van der Waals surface area contributed by atoms with Crippen LogP contribution in [0.5, 0.6) is 5.75 Å². The maximum atomic E-state index is 11.7. The number of aromatic nitrogens is 1. The standard InChI is InChI=1S/C21H27N3O2/c25-20-7-5-13-24(20)14-15-26-19-9-8-17(16-23-11-2-1-3-12-23)18-6-4-10-22-21(18)19/h4,6,8-10H,1-3,5,7,11-16H2. The fourth-order valence-corrected chi connectivity index (χ4v) is 4.02. The van der Waals surface area contributed by atoms with Crippen molar-refractivity contribution in [3.63, 3.8) is 0 Å². The van der Waals surface area contributed by atoms with Crippen LogP contribution in [0.2, 0.25) is 0 Å². The quantitative estimate of drug-likeness (QED) is 0.800. The van der Waals surface area contributed by atoms with Gasteiger partial charge in [-0.3, -0.25) is 14.7 Å². The summed E-state index contributed by atoms with van der Waals surface area (Å²) in [6.45, 7) is 5.38. The van der Waals surface area contributed by atoms with Gasteiger partial charge in [0, 0.05) is 31.1 Å². The molecule has 0 saturated carbocycles. The second-order valence-corrected chi connectivity index (χ2v) is 7.29. The Morgan fingerprint density at radius 3 is 2.73 bits per heavy atom. The molecule has 1 aromatic carbocycles.